The zero-order valence-corrected chi connectivity index (χ0v) is 17.7. The molecule has 0 spiro atoms. The van der Waals surface area contributed by atoms with Crippen molar-refractivity contribution in [3.63, 3.8) is 0 Å². The van der Waals surface area contributed by atoms with Crippen molar-refractivity contribution in [2.24, 2.45) is 0 Å². The highest BCUT2D eigenvalue weighted by Crippen LogP contribution is 2.37. The van der Waals surface area contributed by atoms with Crippen molar-refractivity contribution in [3.05, 3.63) is 71.3 Å². The first-order valence-electron chi connectivity index (χ1n) is 10.3. The summed E-state index contributed by atoms with van der Waals surface area (Å²) in [5.41, 5.74) is -4.56. The van der Waals surface area contributed by atoms with Crippen LogP contribution in [-0.2, 0) is 21.9 Å². The van der Waals surface area contributed by atoms with Crippen LogP contribution in [0.4, 0.5) is 32.0 Å². The highest BCUT2D eigenvalue weighted by Gasteiger charge is 2.42. The first-order valence-corrected chi connectivity index (χ1v) is 10.3. The van der Waals surface area contributed by atoms with E-state index in [1.54, 1.807) is 30.3 Å². The molecule has 2 aromatic rings. The predicted octanol–water partition coefficient (Wildman–Crippen LogP) is 4.61. The van der Waals surface area contributed by atoms with E-state index >= 15 is 0 Å². The van der Waals surface area contributed by atoms with Crippen LogP contribution in [0.15, 0.2) is 54.6 Å². The summed E-state index contributed by atoms with van der Waals surface area (Å²) in [6.45, 7) is 0.624. The fourth-order valence-electron chi connectivity index (χ4n) is 3.55. The van der Waals surface area contributed by atoms with Crippen molar-refractivity contribution in [1.82, 2.24) is 10.6 Å². The summed E-state index contributed by atoms with van der Waals surface area (Å²) < 4.78 is 78.9. The number of halogens is 6. The molecule has 2 aromatic carbocycles. The summed E-state index contributed by atoms with van der Waals surface area (Å²) in [7, 11) is 0. The summed E-state index contributed by atoms with van der Waals surface area (Å²) in [6, 6.07) is 9.67. The molecular formula is C23H21F6N3O2. The second-order valence-corrected chi connectivity index (χ2v) is 7.81. The highest BCUT2D eigenvalue weighted by atomic mass is 19.4. The third kappa shape index (κ3) is 6.37. The molecule has 3 rings (SSSR count). The van der Waals surface area contributed by atoms with Gasteiger partial charge in [-0.3, -0.25) is 9.59 Å². The number of carbonyl (C=O) groups excluding carboxylic acids is 2. The Morgan fingerprint density at radius 1 is 0.882 bits per heavy atom. The lowest BCUT2D eigenvalue weighted by Crippen LogP contribution is -2.61. The van der Waals surface area contributed by atoms with E-state index in [0.29, 0.717) is 25.2 Å². The van der Waals surface area contributed by atoms with Crippen LogP contribution in [0.25, 0.3) is 6.08 Å². The summed E-state index contributed by atoms with van der Waals surface area (Å²) in [5.74, 6) is -1.52. The largest absolute Gasteiger partial charge is 0.416 e. The molecule has 1 aliphatic rings. The molecule has 3 N–H and O–H groups in total. The Kier molecular flexibility index (Phi) is 7.35. The number of rotatable bonds is 5. The molecule has 11 heteroatoms. The van der Waals surface area contributed by atoms with E-state index in [-0.39, 0.29) is 18.9 Å². The quantitative estimate of drug-likeness (QED) is 0.428. The molecule has 0 radical (unpaired) electrons. The van der Waals surface area contributed by atoms with Crippen LogP contribution in [-0.4, -0.2) is 30.4 Å². The van der Waals surface area contributed by atoms with Crippen LogP contribution < -0.4 is 16.0 Å². The maximum atomic E-state index is 13.1. The lowest BCUT2D eigenvalue weighted by atomic mass is 9.87. The van der Waals surface area contributed by atoms with E-state index in [9.17, 15) is 35.9 Å². The molecular weight excluding hydrogens is 464 g/mol. The van der Waals surface area contributed by atoms with E-state index in [0.717, 1.165) is 5.56 Å². The van der Waals surface area contributed by atoms with Crippen molar-refractivity contribution in [3.8, 4) is 0 Å². The molecule has 0 atom stereocenters. The number of hydrogen-bond donors (Lipinski definition) is 3. The van der Waals surface area contributed by atoms with Crippen LogP contribution in [0.5, 0.6) is 0 Å². The minimum Gasteiger partial charge on any atom is -0.338 e. The van der Waals surface area contributed by atoms with Crippen molar-refractivity contribution < 1.29 is 35.9 Å². The normalized spacial score (nSPS) is 16.3. The maximum absolute atomic E-state index is 13.1. The fraction of sp³-hybridized carbons (Fsp3) is 0.304. The molecule has 5 nitrogen and oxygen atoms in total. The monoisotopic (exact) mass is 485 g/mol. The minimum absolute atomic E-state index is 0.0217. The van der Waals surface area contributed by atoms with Crippen molar-refractivity contribution in [2.75, 3.05) is 18.4 Å². The van der Waals surface area contributed by atoms with Gasteiger partial charge in [0.2, 0.25) is 11.8 Å². The predicted molar refractivity (Wildman–Crippen MR) is 114 cm³/mol. The molecule has 0 aliphatic carbocycles. The lowest BCUT2D eigenvalue weighted by Gasteiger charge is -2.36. The van der Waals surface area contributed by atoms with Gasteiger partial charge in [0, 0.05) is 11.8 Å². The van der Waals surface area contributed by atoms with Crippen LogP contribution in [0.3, 0.4) is 0 Å². The number of hydrogen-bond acceptors (Lipinski definition) is 3. The van der Waals surface area contributed by atoms with Gasteiger partial charge in [-0.25, -0.2) is 0 Å². The molecule has 1 heterocycles. The molecule has 2 amide bonds. The van der Waals surface area contributed by atoms with Gasteiger partial charge in [0.1, 0.15) is 5.54 Å². The average Bonchev–Trinajstić information content (AvgIpc) is 2.77. The number of amides is 2. The lowest BCUT2D eigenvalue weighted by molar-refractivity contribution is -0.143. The average molecular weight is 485 g/mol. The van der Waals surface area contributed by atoms with Gasteiger partial charge in [-0.1, -0.05) is 30.3 Å². The van der Waals surface area contributed by atoms with Crippen molar-refractivity contribution >= 4 is 23.6 Å². The molecule has 34 heavy (non-hydrogen) atoms. The van der Waals surface area contributed by atoms with Gasteiger partial charge in [0.25, 0.3) is 0 Å². The maximum Gasteiger partial charge on any atom is 0.416 e. The van der Waals surface area contributed by atoms with Crippen LogP contribution in [0.2, 0.25) is 0 Å². The van der Waals surface area contributed by atoms with Gasteiger partial charge in [0.15, 0.2) is 0 Å². The Hall–Kier alpha value is -3.34. The molecule has 182 valence electrons. The third-order valence-electron chi connectivity index (χ3n) is 5.33. The summed E-state index contributed by atoms with van der Waals surface area (Å²) in [5, 5.41) is 7.74. The first-order chi connectivity index (χ1) is 15.9. The van der Waals surface area contributed by atoms with Crippen molar-refractivity contribution in [2.45, 2.75) is 30.7 Å². The molecule has 0 bridgehead atoms. The third-order valence-corrected chi connectivity index (χ3v) is 5.33. The minimum atomic E-state index is -5.05. The van der Waals surface area contributed by atoms with Gasteiger partial charge in [-0.2, -0.15) is 26.3 Å². The number of carbonyl (C=O) groups is 2. The fourth-order valence-corrected chi connectivity index (χ4v) is 3.55. The van der Waals surface area contributed by atoms with Gasteiger partial charge in [-0.15, -0.1) is 0 Å². The molecule has 0 saturated carbocycles. The van der Waals surface area contributed by atoms with Crippen LogP contribution >= 0.6 is 0 Å². The summed E-state index contributed by atoms with van der Waals surface area (Å²) >= 11 is 0. The van der Waals surface area contributed by atoms with E-state index in [1.165, 1.54) is 12.2 Å². The molecule has 0 aromatic heterocycles. The van der Waals surface area contributed by atoms with E-state index < -0.39 is 46.5 Å². The Bertz CT molecular complexity index is 1030. The van der Waals surface area contributed by atoms with Crippen LogP contribution in [0, 0.1) is 0 Å². The van der Waals surface area contributed by atoms with Gasteiger partial charge in [0.05, 0.1) is 11.1 Å². The van der Waals surface area contributed by atoms with Gasteiger partial charge in [-0.05, 0) is 55.8 Å². The number of benzene rings is 2. The standard InChI is InChI=1S/C23H21F6N3O2/c24-22(25,26)16-12-17(23(27,28)29)14-18(13-16)31-20(34)21(8-10-30-11-9-21)32-19(33)7-6-15-4-2-1-3-5-15/h1-7,12-14,30H,8-11H2,(H,31,34)(H,32,33)/b7-6+. The highest BCUT2D eigenvalue weighted by molar-refractivity contribution is 6.03. The first kappa shape index (κ1) is 25.3. The second-order valence-electron chi connectivity index (χ2n) is 7.81. The molecule has 1 aliphatic heterocycles. The number of piperidine rings is 1. The number of alkyl halides is 6. The smallest absolute Gasteiger partial charge is 0.338 e. The summed E-state index contributed by atoms with van der Waals surface area (Å²) in [6.07, 6.45) is -7.19. The Balaban J connectivity index is 1.86. The molecule has 1 saturated heterocycles. The van der Waals surface area contributed by atoms with Crippen LogP contribution in [0.1, 0.15) is 29.5 Å². The van der Waals surface area contributed by atoms with E-state index in [1.807, 2.05) is 0 Å². The number of nitrogens with one attached hydrogen (secondary N) is 3. The van der Waals surface area contributed by atoms with Gasteiger partial charge >= 0.3 is 12.4 Å². The topological polar surface area (TPSA) is 70.2 Å². The van der Waals surface area contributed by atoms with E-state index in [4.69, 9.17) is 0 Å². The van der Waals surface area contributed by atoms with E-state index in [2.05, 4.69) is 16.0 Å². The number of anilines is 1. The second kappa shape index (κ2) is 9.88. The Morgan fingerprint density at radius 2 is 1.44 bits per heavy atom. The Labute approximate surface area is 191 Å². The van der Waals surface area contributed by atoms with Crippen molar-refractivity contribution in [1.29, 1.82) is 0 Å². The zero-order chi connectivity index (χ0) is 25.0. The molecule has 0 unspecified atom stereocenters. The SMILES string of the molecule is O=C(/C=C/c1ccccc1)NC1(C(=O)Nc2cc(C(F)(F)F)cc(C(F)(F)F)c2)CCNCC1. The van der Waals surface area contributed by atoms with Gasteiger partial charge < -0.3 is 16.0 Å². The zero-order valence-electron chi connectivity index (χ0n) is 17.7. The Morgan fingerprint density at radius 3 is 1.97 bits per heavy atom. The summed E-state index contributed by atoms with van der Waals surface area (Å²) in [4.78, 5) is 25.6. The molecule has 1 fully saturated rings.